The highest BCUT2D eigenvalue weighted by atomic mass is 16.4. The zero-order valence-corrected chi connectivity index (χ0v) is 10.4. The highest BCUT2D eigenvalue weighted by Gasteiger charge is 2.01. The summed E-state index contributed by atoms with van der Waals surface area (Å²) in [5, 5.41) is 13.6. The van der Waals surface area contributed by atoms with Crippen molar-refractivity contribution in [2.75, 3.05) is 13.1 Å². The van der Waals surface area contributed by atoms with Crippen LogP contribution in [0, 0.1) is 6.92 Å². The summed E-state index contributed by atoms with van der Waals surface area (Å²) in [5.41, 5.74) is 2.37. The average Bonchev–Trinajstić information content (AvgIpc) is 2.31. The second-order valence-electron chi connectivity index (χ2n) is 4.06. The number of carboxylic acids is 1. The summed E-state index contributed by atoms with van der Waals surface area (Å²) in [6.45, 7) is 2.70. The summed E-state index contributed by atoms with van der Waals surface area (Å²) in [7, 11) is 0. The molecule has 0 spiro atoms. The largest absolute Gasteiger partial charge is 0.481 e. The van der Waals surface area contributed by atoms with Gasteiger partial charge in [-0.3, -0.25) is 4.79 Å². The Hall–Kier alpha value is -2.04. The molecule has 0 aliphatic heterocycles. The lowest BCUT2D eigenvalue weighted by molar-refractivity contribution is -0.136. The van der Waals surface area contributed by atoms with E-state index >= 15 is 0 Å². The zero-order chi connectivity index (χ0) is 13.4. The molecule has 98 valence electrons. The number of hydrogen-bond donors (Lipinski definition) is 3. The van der Waals surface area contributed by atoms with Gasteiger partial charge in [0.2, 0.25) is 0 Å². The van der Waals surface area contributed by atoms with Gasteiger partial charge in [0.1, 0.15) is 0 Å². The van der Waals surface area contributed by atoms with E-state index in [9.17, 15) is 9.59 Å². The molecule has 0 aliphatic rings. The van der Waals surface area contributed by atoms with Crippen molar-refractivity contribution < 1.29 is 14.7 Å². The van der Waals surface area contributed by atoms with Crippen LogP contribution in [-0.4, -0.2) is 30.2 Å². The van der Waals surface area contributed by atoms with E-state index in [1.54, 1.807) is 0 Å². The summed E-state index contributed by atoms with van der Waals surface area (Å²) in [6.07, 6.45) is 0.692. The van der Waals surface area contributed by atoms with Gasteiger partial charge in [0.15, 0.2) is 0 Å². The van der Waals surface area contributed by atoms with Crippen LogP contribution in [0.1, 0.15) is 17.5 Å². The normalized spacial score (nSPS) is 9.83. The van der Waals surface area contributed by atoms with E-state index in [0.29, 0.717) is 6.54 Å². The molecule has 18 heavy (non-hydrogen) atoms. The Morgan fingerprint density at radius 2 is 1.72 bits per heavy atom. The second kappa shape index (κ2) is 7.32. The van der Waals surface area contributed by atoms with Crippen LogP contribution < -0.4 is 10.6 Å². The maximum Gasteiger partial charge on any atom is 0.314 e. The number of nitrogens with one attached hydrogen (secondary N) is 2. The monoisotopic (exact) mass is 250 g/mol. The number of aryl methyl sites for hydroxylation is 1. The molecule has 0 radical (unpaired) electrons. The van der Waals surface area contributed by atoms with E-state index in [1.165, 1.54) is 5.56 Å². The SMILES string of the molecule is Cc1ccc(CCNC(=O)NCCC(=O)O)cc1. The van der Waals surface area contributed by atoms with Crippen LogP contribution in [0.5, 0.6) is 0 Å². The minimum absolute atomic E-state index is 0.0641. The lowest BCUT2D eigenvalue weighted by atomic mass is 10.1. The first-order valence-corrected chi connectivity index (χ1v) is 5.87. The number of carboxylic acid groups (broad SMARTS) is 1. The van der Waals surface area contributed by atoms with Crippen LogP contribution in [-0.2, 0) is 11.2 Å². The molecule has 0 bridgehead atoms. The van der Waals surface area contributed by atoms with Crippen molar-refractivity contribution >= 4 is 12.0 Å². The number of benzene rings is 1. The molecule has 1 aromatic rings. The van der Waals surface area contributed by atoms with Crippen molar-refractivity contribution in [2.45, 2.75) is 19.8 Å². The molecule has 3 N–H and O–H groups in total. The van der Waals surface area contributed by atoms with Gasteiger partial charge in [0, 0.05) is 13.1 Å². The number of urea groups is 1. The summed E-state index contributed by atoms with van der Waals surface area (Å²) in [6, 6.07) is 7.78. The molecule has 5 nitrogen and oxygen atoms in total. The smallest absolute Gasteiger partial charge is 0.314 e. The summed E-state index contributed by atoms with van der Waals surface area (Å²) in [4.78, 5) is 21.5. The number of hydrogen-bond acceptors (Lipinski definition) is 2. The number of carbonyl (C=O) groups is 2. The molecule has 5 heteroatoms. The van der Waals surface area contributed by atoms with E-state index in [-0.39, 0.29) is 19.0 Å². The van der Waals surface area contributed by atoms with Gasteiger partial charge in [-0.1, -0.05) is 29.8 Å². The molecule has 0 saturated heterocycles. The average molecular weight is 250 g/mol. The maximum atomic E-state index is 11.3. The molecule has 0 atom stereocenters. The van der Waals surface area contributed by atoms with Crippen LogP contribution in [0.4, 0.5) is 4.79 Å². The predicted molar refractivity (Wildman–Crippen MR) is 68.5 cm³/mol. The Morgan fingerprint density at radius 1 is 1.11 bits per heavy atom. The Balaban J connectivity index is 2.15. The Kier molecular flexibility index (Phi) is 5.70. The van der Waals surface area contributed by atoms with E-state index in [2.05, 4.69) is 10.6 Å². The molecule has 1 rings (SSSR count). The van der Waals surface area contributed by atoms with Crippen LogP contribution in [0.25, 0.3) is 0 Å². The number of carbonyl (C=O) groups excluding carboxylic acids is 1. The van der Waals surface area contributed by atoms with Crippen molar-refractivity contribution in [3.63, 3.8) is 0 Å². The summed E-state index contributed by atoms with van der Waals surface area (Å²) >= 11 is 0. The molecule has 0 aromatic heterocycles. The van der Waals surface area contributed by atoms with Crippen LogP contribution >= 0.6 is 0 Å². The van der Waals surface area contributed by atoms with Crippen molar-refractivity contribution in [1.29, 1.82) is 0 Å². The zero-order valence-electron chi connectivity index (χ0n) is 10.4. The van der Waals surface area contributed by atoms with Gasteiger partial charge in [0.25, 0.3) is 0 Å². The predicted octanol–water partition coefficient (Wildman–Crippen LogP) is 1.31. The Bertz CT molecular complexity index is 401. The van der Waals surface area contributed by atoms with Crippen LogP contribution in [0.15, 0.2) is 24.3 Å². The number of amides is 2. The number of rotatable bonds is 6. The fourth-order valence-corrected chi connectivity index (χ4v) is 1.42. The quantitative estimate of drug-likeness (QED) is 0.712. The minimum Gasteiger partial charge on any atom is -0.481 e. The molecule has 1 aromatic carbocycles. The standard InChI is InChI=1S/C13H18N2O3/c1-10-2-4-11(5-3-10)6-8-14-13(18)15-9-7-12(16)17/h2-5H,6-9H2,1H3,(H,16,17)(H2,14,15,18). The van der Waals surface area contributed by atoms with Gasteiger partial charge in [-0.15, -0.1) is 0 Å². The minimum atomic E-state index is -0.921. The van der Waals surface area contributed by atoms with Gasteiger partial charge in [-0.05, 0) is 18.9 Å². The molecule has 0 saturated carbocycles. The molecular formula is C13H18N2O3. The van der Waals surface area contributed by atoms with Crippen molar-refractivity contribution in [1.82, 2.24) is 10.6 Å². The highest BCUT2D eigenvalue weighted by Crippen LogP contribution is 2.02. The molecule has 0 heterocycles. The van der Waals surface area contributed by atoms with E-state index < -0.39 is 5.97 Å². The summed E-state index contributed by atoms with van der Waals surface area (Å²) in [5.74, 6) is -0.921. The first-order valence-electron chi connectivity index (χ1n) is 5.87. The second-order valence-corrected chi connectivity index (χ2v) is 4.06. The molecule has 0 fully saturated rings. The molecule has 0 unspecified atom stereocenters. The van der Waals surface area contributed by atoms with Gasteiger partial charge < -0.3 is 15.7 Å². The van der Waals surface area contributed by atoms with Gasteiger partial charge >= 0.3 is 12.0 Å². The fraction of sp³-hybridized carbons (Fsp3) is 0.385. The fourth-order valence-electron chi connectivity index (χ4n) is 1.42. The third-order valence-corrected chi connectivity index (χ3v) is 2.44. The van der Waals surface area contributed by atoms with Crippen molar-refractivity contribution in [3.8, 4) is 0 Å². The highest BCUT2D eigenvalue weighted by molar-refractivity contribution is 5.74. The lowest BCUT2D eigenvalue weighted by Crippen LogP contribution is -2.37. The van der Waals surface area contributed by atoms with Crippen LogP contribution in [0.3, 0.4) is 0 Å². The van der Waals surface area contributed by atoms with Crippen molar-refractivity contribution in [3.05, 3.63) is 35.4 Å². The van der Waals surface area contributed by atoms with Crippen molar-refractivity contribution in [2.24, 2.45) is 0 Å². The Labute approximate surface area is 106 Å². The Morgan fingerprint density at radius 3 is 2.33 bits per heavy atom. The number of aliphatic carboxylic acids is 1. The van der Waals surface area contributed by atoms with Gasteiger partial charge in [-0.25, -0.2) is 4.79 Å². The molecule has 2 amide bonds. The first-order chi connectivity index (χ1) is 8.58. The van der Waals surface area contributed by atoms with Gasteiger partial charge in [-0.2, -0.15) is 0 Å². The summed E-state index contributed by atoms with van der Waals surface area (Å²) < 4.78 is 0. The van der Waals surface area contributed by atoms with E-state index in [4.69, 9.17) is 5.11 Å². The van der Waals surface area contributed by atoms with Crippen LogP contribution in [0.2, 0.25) is 0 Å². The molecule has 0 aliphatic carbocycles. The maximum absolute atomic E-state index is 11.3. The third-order valence-electron chi connectivity index (χ3n) is 2.44. The topological polar surface area (TPSA) is 78.4 Å². The van der Waals surface area contributed by atoms with E-state index in [0.717, 1.165) is 12.0 Å². The lowest BCUT2D eigenvalue weighted by Gasteiger charge is -2.06. The van der Waals surface area contributed by atoms with E-state index in [1.807, 2.05) is 31.2 Å². The third kappa shape index (κ3) is 5.89. The molecular weight excluding hydrogens is 232 g/mol. The first kappa shape index (κ1) is 14.0. The van der Waals surface area contributed by atoms with Gasteiger partial charge in [0.05, 0.1) is 6.42 Å².